The highest BCUT2D eigenvalue weighted by atomic mass is 32.1. The molecule has 0 unspecified atom stereocenters. The molecule has 0 radical (unpaired) electrons. The van der Waals surface area contributed by atoms with Crippen LogP contribution >= 0.6 is 11.3 Å². The van der Waals surface area contributed by atoms with E-state index < -0.39 is 0 Å². The van der Waals surface area contributed by atoms with Crippen molar-refractivity contribution in [3.8, 4) is 11.6 Å². The first-order chi connectivity index (χ1) is 12.6. The van der Waals surface area contributed by atoms with E-state index in [1.165, 1.54) is 5.56 Å². The Balaban J connectivity index is 1.51. The summed E-state index contributed by atoms with van der Waals surface area (Å²) in [7, 11) is 0. The number of rotatable bonds is 9. The summed E-state index contributed by atoms with van der Waals surface area (Å²) in [6, 6.07) is 5.63. The van der Waals surface area contributed by atoms with E-state index in [1.54, 1.807) is 29.7 Å². The van der Waals surface area contributed by atoms with Gasteiger partial charge in [-0.3, -0.25) is 4.79 Å². The van der Waals surface area contributed by atoms with Gasteiger partial charge in [0, 0.05) is 25.9 Å². The molecule has 3 rings (SSSR count). The lowest BCUT2D eigenvalue weighted by Crippen LogP contribution is -2.33. The van der Waals surface area contributed by atoms with Crippen LogP contribution in [0.2, 0.25) is 0 Å². The van der Waals surface area contributed by atoms with E-state index in [2.05, 4.69) is 35.4 Å². The van der Waals surface area contributed by atoms with Crippen LogP contribution in [-0.4, -0.2) is 27.5 Å². The monoisotopic (exact) mass is 373 g/mol. The molecule has 0 aromatic carbocycles. The summed E-state index contributed by atoms with van der Waals surface area (Å²) >= 11 is 1.66. The number of carbonyl (C=O) groups is 1. The maximum absolute atomic E-state index is 12.6. The molecule has 6 nitrogen and oxygen atoms in total. The highest BCUT2D eigenvalue weighted by Crippen LogP contribution is 2.17. The summed E-state index contributed by atoms with van der Waals surface area (Å²) in [6.07, 6.45) is 3.29. The molecule has 0 aliphatic carbocycles. The molecule has 0 aliphatic heterocycles. The van der Waals surface area contributed by atoms with Crippen LogP contribution < -0.4 is 0 Å². The second-order valence-electron chi connectivity index (χ2n) is 6.64. The Hall–Kier alpha value is -2.41. The number of aryl methyl sites for hydroxylation is 1. The van der Waals surface area contributed by atoms with Crippen LogP contribution in [0.4, 0.5) is 0 Å². The molecule has 7 heteroatoms. The third-order valence-corrected chi connectivity index (χ3v) is 4.61. The van der Waals surface area contributed by atoms with E-state index >= 15 is 0 Å². The summed E-state index contributed by atoms with van der Waals surface area (Å²) in [5.74, 6) is 2.14. The number of hydrogen-bond acceptors (Lipinski definition) is 6. The maximum Gasteiger partial charge on any atom is 0.238 e. The minimum Gasteiger partial charge on any atom is -0.461 e. The van der Waals surface area contributed by atoms with E-state index in [1.807, 2.05) is 10.3 Å². The average molecular weight is 373 g/mol. The minimum atomic E-state index is 0.163. The molecular formula is C19H23N3O3S. The van der Waals surface area contributed by atoms with Gasteiger partial charge in [-0.25, -0.2) is 0 Å². The van der Waals surface area contributed by atoms with Gasteiger partial charge in [0.2, 0.25) is 17.6 Å². The van der Waals surface area contributed by atoms with Crippen LogP contribution in [0, 0.1) is 5.92 Å². The van der Waals surface area contributed by atoms with Crippen molar-refractivity contribution in [3.05, 3.63) is 46.7 Å². The topological polar surface area (TPSA) is 72.4 Å². The summed E-state index contributed by atoms with van der Waals surface area (Å²) in [4.78, 5) is 18.9. The Labute approximate surface area is 156 Å². The highest BCUT2D eigenvalue weighted by Gasteiger charge is 2.17. The maximum atomic E-state index is 12.6. The number of furan rings is 1. The van der Waals surface area contributed by atoms with Crippen molar-refractivity contribution in [2.75, 3.05) is 6.54 Å². The second kappa shape index (κ2) is 8.80. The Kier molecular flexibility index (Phi) is 6.22. The van der Waals surface area contributed by atoms with Crippen LogP contribution in [0.1, 0.15) is 38.1 Å². The molecule has 3 aromatic rings. The number of thiophene rings is 1. The van der Waals surface area contributed by atoms with E-state index in [4.69, 9.17) is 8.94 Å². The number of hydrogen-bond donors (Lipinski definition) is 0. The van der Waals surface area contributed by atoms with E-state index in [0.717, 1.165) is 6.54 Å². The van der Waals surface area contributed by atoms with Crippen molar-refractivity contribution < 1.29 is 13.7 Å². The fraction of sp³-hybridized carbons (Fsp3) is 0.421. The first-order valence-electron chi connectivity index (χ1n) is 8.77. The fourth-order valence-corrected chi connectivity index (χ4v) is 3.37. The Morgan fingerprint density at radius 2 is 2.23 bits per heavy atom. The normalized spacial score (nSPS) is 11.2. The van der Waals surface area contributed by atoms with E-state index in [9.17, 15) is 4.79 Å². The van der Waals surface area contributed by atoms with Crippen LogP contribution in [-0.2, 0) is 17.8 Å². The summed E-state index contributed by atoms with van der Waals surface area (Å²) in [5.41, 5.74) is 1.18. The number of nitrogens with zero attached hydrogens (tertiary/aromatic N) is 3. The van der Waals surface area contributed by atoms with Crippen molar-refractivity contribution in [2.24, 2.45) is 5.92 Å². The smallest absolute Gasteiger partial charge is 0.238 e. The molecule has 0 spiro atoms. The average Bonchev–Trinajstić information content (AvgIpc) is 3.35. The van der Waals surface area contributed by atoms with Crippen LogP contribution in [0.3, 0.4) is 0 Å². The van der Waals surface area contributed by atoms with Gasteiger partial charge in [-0.1, -0.05) is 19.0 Å². The number of aromatic nitrogens is 2. The first-order valence-corrected chi connectivity index (χ1v) is 9.71. The van der Waals surface area contributed by atoms with Crippen LogP contribution in [0.25, 0.3) is 11.6 Å². The van der Waals surface area contributed by atoms with Crippen molar-refractivity contribution >= 4 is 17.2 Å². The quantitative estimate of drug-likeness (QED) is 0.556. The van der Waals surface area contributed by atoms with Gasteiger partial charge < -0.3 is 13.8 Å². The Morgan fingerprint density at radius 3 is 2.92 bits per heavy atom. The molecule has 0 N–H and O–H groups in total. The van der Waals surface area contributed by atoms with Gasteiger partial charge in [0.05, 0.1) is 6.26 Å². The lowest BCUT2D eigenvalue weighted by Gasteiger charge is -2.24. The zero-order chi connectivity index (χ0) is 18.4. The van der Waals surface area contributed by atoms with Crippen molar-refractivity contribution in [1.29, 1.82) is 0 Å². The Morgan fingerprint density at radius 1 is 1.35 bits per heavy atom. The molecule has 0 saturated carbocycles. The first kappa shape index (κ1) is 18.4. The van der Waals surface area contributed by atoms with E-state index in [-0.39, 0.29) is 5.91 Å². The standard InChI is InChI=1S/C19H23N3O3S/c1-14(2)11-22(12-15-8-10-26-13-15)18(23)7-3-6-17-20-19(21-25-17)16-5-4-9-24-16/h4-5,8-10,13-14H,3,6-7,11-12H2,1-2H3. The second-order valence-corrected chi connectivity index (χ2v) is 7.42. The molecule has 3 heterocycles. The molecule has 3 aromatic heterocycles. The van der Waals surface area contributed by atoms with E-state index in [0.29, 0.717) is 49.2 Å². The van der Waals surface area contributed by atoms with Gasteiger partial charge in [-0.05, 0) is 46.9 Å². The zero-order valence-corrected chi connectivity index (χ0v) is 15.9. The fourth-order valence-electron chi connectivity index (χ4n) is 2.71. The molecule has 0 fully saturated rings. The highest BCUT2D eigenvalue weighted by molar-refractivity contribution is 7.07. The molecule has 26 heavy (non-hydrogen) atoms. The number of amides is 1. The third-order valence-electron chi connectivity index (χ3n) is 3.88. The molecule has 0 bridgehead atoms. The predicted octanol–water partition coefficient (Wildman–Crippen LogP) is 4.40. The number of carbonyl (C=O) groups excluding carboxylic acids is 1. The van der Waals surface area contributed by atoms with Crippen molar-refractivity contribution in [2.45, 2.75) is 39.7 Å². The molecule has 138 valence electrons. The van der Waals surface area contributed by atoms with Crippen LogP contribution in [0.15, 0.2) is 44.2 Å². The molecule has 0 aliphatic rings. The van der Waals surface area contributed by atoms with Gasteiger partial charge in [-0.15, -0.1) is 0 Å². The summed E-state index contributed by atoms with van der Waals surface area (Å²) in [6.45, 7) is 5.69. The van der Waals surface area contributed by atoms with Gasteiger partial charge in [0.15, 0.2) is 5.76 Å². The summed E-state index contributed by atoms with van der Waals surface area (Å²) < 4.78 is 10.5. The SMILES string of the molecule is CC(C)CN(Cc1ccsc1)C(=O)CCCc1nc(-c2ccco2)no1. The molecule has 0 atom stereocenters. The summed E-state index contributed by atoms with van der Waals surface area (Å²) in [5, 5.41) is 8.04. The van der Waals surface area contributed by atoms with Gasteiger partial charge >= 0.3 is 0 Å². The molecular weight excluding hydrogens is 350 g/mol. The lowest BCUT2D eigenvalue weighted by atomic mass is 10.1. The third kappa shape index (κ3) is 5.05. The van der Waals surface area contributed by atoms with Gasteiger partial charge in [-0.2, -0.15) is 16.3 Å². The lowest BCUT2D eigenvalue weighted by molar-refractivity contribution is -0.132. The zero-order valence-electron chi connectivity index (χ0n) is 15.1. The minimum absolute atomic E-state index is 0.163. The largest absolute Gasteiger partial charge is 0.461 e. The molecule has 1 amide bonds. The van der Waals surface area contributed by atoms with Crippen LogP contribution in [0.5, 0.6) is 0 Å². The van der Waals surface area contributed by atoms with Gasteiger partial charge in [0.1, 0.15) is 0 Å². The Bertz CT molecular complexity index is 794. The van der Waals surface area contributed by atoms with Gasteiger partial charge in [0.25, 0.3) is 0 Å². The predicted molar refractivity (Wildman–Crippen MR) is 99.5 cm³/mol. The molecule has 0 saturated heterocycles. The van der Waals surface area contributed by atoms with Crippen molar-refractivity contribution in [3.63, 3.8) is 0 Å². The van der Waals surface area contributed by atoms with Crippen molar-refractivity contribution in [1.82, 2.24) is 15.0 Å².